The fraction of sp³-hybridized carbons (Fsp3) is 0. The molecule has 0 aromatic heterocycles. The third-order valence-corrected chi connectivity index (χ3v) is 5.79. The summed E-state index contributed by atoms with van der Waals surface area (Å²) < 4.78 is 0. The molecule has 0 heteroatoms. The summed E-state index contributed by atoms with van der Waals surface area (Å²) in [5.41, 5.74) is 2.56. The van der Waals surface area contributed by atoms with Crippen molar-refractivity contribution in [2.75, 3.05) is 0 Å². The molecule has 0 aliphatic heterocycles. The van der Waals surface area contributed by atoms with E-state index in [0.717, 1.165) is 0 Å². The molecule has 0 nitrogen and oxygen atoms in total. The molecule has 0 aliphatic carbocycles. The van der Waals surface area contributed by atoms with E-state index < -0.39 is 0 Å². The highest BCUT2D eigenvalue weighted by Gasteiger charge is 2.10. The van der Waals surface area contributed by atoms with Crippen LogP contribution in [0.3, 0.4) is 0 Å². The molecule has 130 valence electrons. The first-order valence-electron chi connectivity index (χ1n) is 9.70. The Morgan fingerprint density at radius 3 is 1.64 bits per heavy atom. The summed E-state index contributed by atoms with van der Waals surface area (Å²) in [4.78, 5) is 0. The van der Waals surface area contributed by atoms with E-state index in [1.165, 1.54) is 54.2 Å². The van der Waals surface area contributed by atoms with Crippen LogP contribution in [-0.2, 0) is 0 Å². The summed E-state index contributed by atoms with van der Waals surface area (Å²) in [6, 6.07) is 39.7. The van der Waals surface area contributed by atoms with E-state index in [4.69, 9.17) is 0 Å². The zero-order valence-corrected chi connectivity index (χ0v) is 15.4. The number of fused-ring (bicyclic) bond motifs is 5. The molecule has 0 fully saturated rings. The Morgan fingerprint density at radius 2 is 0.893 bits per heavy atom. The van der Waals surface area contributed by atoms with Gasteiger partial charge in [0.1, 0.15) is 0 Å². The minimum absolute atomic E-state index is 1.27. The zero-order valence-electron chi connectivity index (χ0n) is 15.4. The van der Waals surface area contributed by atoms with Crippen LogP contribution in [0.5, 0.6) is 0 Å². The van der Waals surface area contributed by atoms with Crippen LogP contribution < -0.4 is 0 Å². The van der Waals surface area contributed by atoms with Crippen LogP contribution >= 0.6 is 0 Å². The molecule has 0 heterocycles. The van der Waals surface area contributed by atoms with Crippen molar-refractivity contribution < 1.29 is 0 Å². The Hall–Kier alpha value is -3.64. The molecule has 0 amide bonds. The molecule has 0 atom stereocenters. The van der Waals surface area contributed by atoms with E-state index >= 15 is 0 Å². The predicted molar refractivity (Wildman–Crippen MR) is 122 cm³/mol. The number of benzene rings is 6. The van der Waals surface area contributed by atoms with Crippen LogP contribution in [0.1, 0.15) is 0 Å². The van der Waals surface area contributed by atoms with Gasteiger partial charge >= 0.3 is 0 Å². The second-order valence-electron chi connectivity index (χ2n) is 7.45. The van der Waals surface area contributed by atoms with Crippen molar-refractivity contribution >= 4 is 43.1 Å². The lowest BCUT2D eigenvalue weighted by atomic mass is 9.90. The van der Waals surface area contributed by atoms with Crippen LogP contribution in [0.2, 0.25) is 0 Å². The van der Waals surface area contributed by atoms with Crippen molar-refractivity contribution in [3.8, 4) is 11.1 Å². The van der Waals surface area contributed by atoms with Crippen molar-refractivity contribution in [2.45, 2.75) is 0 Å². The van der Waals surface area contributed by atoms with Gasteiger partial charge in [-0.25, -0.2) is 0 Å². The van der Waals surface area contributed by atoms with Gasteiger partial charge < -0.3 is 0 Å². The van der Waals surface area contributed by atoms with E-state index in [2.05, 4.69) is 109 Å². The first-order chi connectivity index (χ1) is 13.9. The summed E-state index contributed by atoms with van der Waals surface area (Å²) in [5, 5.41) is 10.4. The van der Waals surface area contributed by atoms with Gasteiger partial charge in [0, 0.05) is 0 Å². The van der Waals surface area contributed by atoms with Crippen molar-refractivity contribution in [1.82, 2.24) is 0 Å². The van der Waals surface area contributed by atoms with Gasteiger partial charge in [0.2, 0.25) is 0 Å². The molecule has 0 bridgehead atoms. The fourth-order valence-electron chi connectivity index (χ4n) is 4.38. The van der Waals surface area contributed by atoms with E-state index in [9.17, 15) is 0 Å². The molecule has 28 heavy (non-hydrogen) atoms. The van der Waals surface area contributed by atoms with Crippen molar-refractivity contribution in [1.29, 1.82) is 0 Å². The maximum Gasteiger partial charge on any atom is -0.00926 e. The third kappa shape index (κ3) is 2.32. The third-order valence-electron chi connectivity index (χ3n) is 5.79. The lowest BCUT2D eigenvalue weighted by molar-refractivity contribution is 1.70. The lowest BCUT2D eigenvalue weighted by Crippen LogP contribution is -1.86. The first-order valence-corrected chi connectivity index (χ1v) is 9.70. The average Bonchev–Trinajstić information content (AvgIpc) is 2.77. The molecular weight excluding hydrogens is 336 g/mol. The molecule has 0 N–H and O–H groups in total. The Balaban J connectivity index is 1.77. The highest BCUT2D eigenvalue weighted by atomic mass is 14.1. The van der Waals surface area contributed by atoms with Crippen LogP contribution in [0, 0.1) is 0 Å². The van der Waals surface area contributed by atoms with Crippen LogP contribution in [0.15, 0.2) is 109 Å². The van der Waals surface area contributed by atoms with Gasteiger partial charge in [-0.2, -0.15) is 0 Å². The minimum atomic E-state index is 1.27. The molecule has 6 rings (SSSR count). The number of rotatable bonds is 1. The van der Waals surface area contributed by atoms with E-state index in [1.54, 1.807) is 0 Å². The molecule has 0 radical (unpaired) electrons. The monoisotopic (exact) mass is 354 g/mol. The Kier molecular flexibility index (Phi) is 3.27. The SMILES string of the molecule is c1ccc2cc(-c3cc4ccccc4c4cc5ccccc5cc34)ccc2c1. The molecule has 0 saturated heterocycles. The van der Waals surface area contributed by atoms with Crippen molar-refractivity contribution in [2.24, 2.45) is 0 Å². The summed E-state index contributed by atoms with van der Waals surface area (Å²) in [7, 11) is 0. The van der Waals surface area contributed by atoms with Gasteiger partial charge in [-0.15, -0.1) is 0 Å². The lowest BCUT2D eigenvalue weighted by Gasteiger charge is -2.13. The van der Waals surface area contributed by atoms with Gasteiger partial charge in [-0.1, -0.05) is 84.9 Å². The van der Waals surface area contributed by atoms with E-state index in [0.29, 0.717) is 0 Å². The molecule has 0 unspecified atom stereocenters. The van der Waals surface area contributed by atoms with Gasteiger partial charge in [0.05, 0.1) is 0 Å². The highest BCUT2D eigenvalue weighted by molar-refractivity contribution is 6.17. The highest BCUT2D eigenvalue weighted by Crippen LogP contribution is 2.38. The molecular formula is C28H18. The fourth-order valence-corrected chi connectivity index (χ4v) is 4.38. The maximum absolute atomic E-state index is 2.35. The maximum atomic E-state index is 2.35. The quantitative estimate of drug-likeness (QED) is 0.207. The topological polar surface area (TPSA) is 0 Å². The van der Waals surface area contributed by atoms with Crippen LogP contribution in [0.4, 0.5) is 0 Å². The molecule has 6 aromatic carbocycles. The van der Waals surface area contributed by atoms with Crippen LogP contribution in [0.25, 0.3) is 54.2 Å². The van der Waals surface area contributed by atoms with Gasteiger partial charge in [0.15, 0.2) is 0 Å². The van der Waals surface area contributed by atoms with Gasteiger partial charge in [-0.3, -0.25) is 0 Å². The van der Waals surface area contributed by atoms with Gasteiger partial charge in [-0.05, 0) is 78.5 Å². The second kappa shape index (κ2) is 5.94. The Morgan fingerprint density at radius 1 is 0.321 bits per heavy atom. The summed E-state index contributed by atoms with van der Waals surface area (Å²) >= 11 is 0. The molecule has 6 aromatic rings. The Labute approximate surface area is 163 Å². The average molecular weight is 354 g/mol. The zero-order chi connectivity index (χ0) is 18.5. The largest absolute Gasteiger partial charge is 0.0616 e. The summed E-state index contributed by atoms with van der Waals surface area (Å²) in [5.74, 6) is 0. The molecule has 0 spiro atoms. The Bertz CT molecular complexity index is 1510. The molecule has 0 aliphatic rings. The smallest absolute Gasteiger partial charge is 0.00926 e. The predicted octanol–water partition coefficient (Wildman–Crippen LogP) is 7.97. The van der Waals surface area contributed by atoms with Crippen LogP contribution in [-0.4, -0.2) is 0 Å². The normalized spacial score (nSPS) is 11.6. The minimum Gasteiger partial charge on any atom is -0.0616 e. The summed E-state index contributed by atoms with van der Waals surface area (Å²) in [6.07, 6.45) is 0. The van der Waals surface area contributed by atoms with Crippen molar-refractivity contribution in [3.63, 3.8) is 0 Å². The first kappa shape index (κ1) is 15.4. The molecule has 0 saturated carbocycles. The second-order valence-corrected chi connectivity index (χ2v) is 7.45. The number of hydrogen-bond donors (Lipinski definition) is 0. The standard InChI is InChI=1S/C28H18/c1-2-8-20-15-24(14-13-19(20)7-1)26-18-23-11-5-6-12-25(23)27-16-21-9-3-4-10-22(21)17-28(26)27/h1-18H. The van der Waals surface area contributed by atoms with Gasteiger partial charge in [0.25, 0.3) is 0 Å². The summed E-state index contributed by atoms with van der Waals surface area (Å²) in [6.45, 7) is 0. The van der Waals surface area contributed by atoms with E-state index in [-0.39, 0.29) is 0 Å². The van der Waals surface area contributed by atoms with Crippen molar-refractivity contribution in [3.05, 3.63) is 109 Å². The number of hydrogen-bond acceptors (Lipinski definition) is 0. The van der Waals surface area contributed by atoms with E-state index in [1.807, 2.05) is 0 Å².